The summed E-state index contributed by atoms with van der Waals surface area (Å²) in [6.45, 7) is 4.21. The molecule has 0 aliphatic heterocycles. The van der Waals surface area contributed by atoms with Crippen LogP contribution >= 0.6 is 23.1 Å². The van der Waals surface area contributed by atoms with Crippen LogP contribution in [0.25, 0.3) is 4.96 Å². The fourth-order valence-electron chi connectivity index (χ4n) is 2.76. The molecule has 0 bridgehead atoms. The van der Waals surface area contributed by atoms with Crippen molar-refractivity contribution in [2.75, 3.05) is 11.1 Å². The minimum absolute atomic E-state index is 0.0907. The van der Waals surface area contributed by atoms with Gasteiger partial charge in [-0.25, -0.2) is 4.98 Å². The number of rotatable bonds is 5. The summed E-state index contributed by atoms with van der Waals surface area (Å²) in [6.07, 6.45) is 4.47. The van der Waals surface area contributed by atoms with E-state index < -0.39 is 0 Å². The van der Waals surface area contributed by atoms with Gasteiger partial charge in [-0.05, 0) is 25.0 Å². The third-order valence-corrected chi connectivity index (χ3v) is 5.97. The number of hydrogen-bond donors (Lipinski definition) is 1. The lowest BCUT2D eigenvalue weighted by Crippen LogP contribution is -2.26. The molecule has 2 atom stereocenters. The molecule has 0 spiro atoms. The van der Waals surface area contributed by atoms with Crippen molar-refractivity contribution in [2.24, 2.45) is 0 Å². The topological polar surface area (TPSA) is 59.3 Å². The Labute approximate surface area is 132 Å². The van der Waals surface area contributed by atoms with Crippen LogP contribution in [0.3, 0.4) is 0 Å². The molecule has 2 unspecified atom stereocenters. The summed E-state index contributed by atoms with van der Waals surface area (Å²) in [4.78, 5) is 17.2. The van der Waals surface area contributed by atoms with Crippen LogP contribution in [-0.4, -0.2) is 31.6 Å². The number of thioether (sulfide) groups is 1. The highest BCUT2D eigenvalue weighted by atomic mass is 32.2. The summed E-state index contributed by atoms with van der Waals surface area (Å²) in [7, 11) is 0. The van der Waals surface area contributed by atoms with Crippen LogP contribution in [-0.2, 0) is 6.42 Å². The predicted molar refractivity (Wildman–Crippen MR) is 89.7 cm³/mol. The van der Waals surface area contributed by atoms with Crippen LogP contribution < -0.4 is 10.9 Å². The molecule has 0 amide bonds. The lowest BCUT2D eigenvalue weighted by atomic mass is 10.2. The van der Waals surface area contributed by atoms with Gasteiger partial charge in [0.15, 0.2) is 0 Å². The van der Waals surface area contributed by atoms with Crippen LogP contribution in [0, 0.1) is 0 Å². The maximum atomic E-state index is 12.0. The lowest BCUT2D eigenvalue weighted by molar-refractivity contribution is 0.758. The molecule has 21 heavy (non-hydrogen) atoms. The molecule has 1 saturated carbocycles. The van der Waals surface area contributed by atoms with Gasteiger partial charge in [0.2, 0.25) is 10.1 Å². The smallest absolute Gasteiger partial charge is 0.275 e. The van der Waals surface area contributed by atoms with Crippen molar-refractivity contribution >= 4 is 33.2 Å². The number of anilines is 1. The van der Waals surface area contributed by atoms with E-state index in [0.29, 0.717) is 16.3 Å². The van der Waals surface area contributed by atoms with Crippen LogP contribution in [0.5, 0.6) is 0 Å². The van der Waals surface area contributed by atoms with E-state index in [4.69, 9.17) is 0 Å². The second kappa shape index (κ2) is 6.36. The number of aryl methyl sites for hydroxylation is 1. The summed E-state index contributed by atoms with van der Waals surface area (Å²) in [5.41, 5.74) is 0.738. The lowest BCUT2D eigenvalue weighted by Gasteiger charge is -2.19. The van der Waals surface area contributed by atoms with Crippen molar-refractivity contribution in [3.05, 3.63) is 22.1 Å². The van der Waals surface area contributed by atoms with Crippen LogP contribution in [0.2, 0.25) is 0 Å². The molecule has 5 nitrogen and oxygen atoms in total. The number of fused-ring (bicyclic) bond motifs is 1. The molecule has 1 aliphatic rings. The molecule has 1 aliphatic carbocycles. The third-order valence-electron chi connectivity index (χ3n) is 3.80. The van der Waals surface area contributed by atoms with Gasteiger partial charge in [-0.1, -0.05) is 31.6 Å². The van der Waals surface area contributed by atoms with Crippen molar-refractivity contribution in [1.82, 2.24) is 14.6 Å². The summed E-state index contributed by atoms with van der Waals surface area (Å²) in [5, 5.41) is 9.36. The summed E-state index contributed by atoms with van der Waals surface area (Å²) in [6, 6.07) is 2.03. The Balaban J connectivity index is 1.84. The van der Waals surface area contributed by atoms with Gasteiger partial charge in [-0.3, -0.25) is 4.79 Å². The number of hydrogen-bond acceptors (Lipinski definition) is 6. The van der Waals surface area contributed by atoms with E-state index in [1.54, 1.807) is 6.07 Å². The Bertz CT molecular complexity index is 681. The van der Waals surface area contributed by atoms with Crippen molar-refractivity contribution < 1.29 is 0 Å². The highest BCUT2D eigenvalue weighted by Gasteiger charge is 2.28. The number of nitrogens with one attached hydrogen (secondary N) is 1. The summed E-state index contributed by atoms with van der Waals surface area (Å²) in [5.74, 6) is 1.14. The third kappa shape index (κ3) is 3.08. The highest BCUT2D eigenvalue weighted by molar-refractivity contribution is 7.99. The first kappa shape index (κ1) is 14.8. The number of nitrogens with zero attached hydrogens (tertiary/aromatic N) is 3. The zero-order valence-corrected chi connectivity index (χ0v) is 14.0. The van der Waals surface area contributed by atoms with Crippen molar-refractivity contribution in [3.8, 4) is 0 Å². The fraction of sp³-hybridized carbons (Fsp3) is 0.643. The molecule has 114 valence electrons. The van der Waals surface area contributed by atoms with Crippen LogP contribution in [0.4, 0.5) is 5.13 Å². The Morgan fingerprint density at radius 2 is 2.33 bits per heavy atom. The highest BCUT2D eigenvalue weighted by Crippen LogP contribution is 2.32. The quantitative estimate of drug-likeness (QED) is 0.916. The molecular weight excluding hydrogens is 304 g/mol. The molecule has 3 rings (SSSR count). The molecule has 1 N–H and O–H groups in total. The van der Waals surface area contributed by atoms with Gasteiger partial charge in [0, 0.05) is 23.1 Å². The van der Waals surface area contributed by atoms with Gasteiger partial charge in [0.05, 0.1) is 0 Å². The molecule has 2 aromatic heterocycles. The minimum atomic E-state index is -0.0907. The van der Waals surface area contributed by atoms with Crippen molar-refractivity contribution in [2.45, 2.75) is 50.8 Å². The monoisotopic (exact) mass is 324 g/mol. The van der Waals surface area contributed by atoms with Gasteiger partial charge in [-0.2, -0.15) is 16.3 Å². The molecule has 0 radical (unpaired) electrons. The molecule has 7 heteroatoms. The van der Waals surface area contributed by atoms with E-state index in [-0.39, 0.29) is 5.56 Å². The van der Waals surface area contributed by atoms with Crippen molar-refractivity contribution in [3.63, 3.8) is 0 Å². The SMILES string of the molecule is CCSC1CCCC1Nc1nn2c(=O)cc(CC)nc2s1. The van der Waals surface area contributed by atoms with Crippen LogP contribution in [0.15, 0.2) is 10.9 Å². The van der Waals surface area contributed by atoms with Crippen molar-refractivity contribution in [1.29, 1.82) is 0 Å². The maximum Gasteiger partial charge on any atom is 0.275 e. The largest absolute Gasteiger partial charge is 0.356 e. The molecule has 0 aromatic carbocycles. The van der Waals surface area contributed by atoms with Gasteiger partial charge in [-0.15, -0.1) is 5.10 Å². The van der Waals surface area contributed by atoms with Crippen LogP contribution in [0.1, 0.15) is 38.8 Å². The minimum Gasteiger partial charge on any atom is -0.356 e. The van der Waals surface area contributed by atoms with Gasteiger partial charge < -0.3 is 5.32 Å². The van der Waals surface area contributed by atoms with Gasteiger partial charge >= 0.3 is 0 Å². The first-order valence-corrected chi connectivity index (χ1v) is 9.35. The second-order valence-electron chi connectivity index (χ2n) is 5.22. The summed E-state index contributed by atoms with van der Waals surface area (Å²) >= 11 is 3.48. The normalized spacial score (nSPS) is 22.0. The second-order valence-corrected chi connectivity index (χ2v) is 7.69. The summed E-state index contributed by atoms with van der Waals surface area (Å²) < 4.78 is 1.41. The molecular formula is C14H20N4OS2. The van der Waals surface area contributed by atoms with E-state index in [1.807, 2.05) is 18.7 Å². The zero-order chi connectivity index (χ0) is 14.8. The van der Waals surface area contributed by atoms with E-state index in [2.05, 4.69) is 22.3 Å². The average Bonchev–Trinajstić information content (AvgIpc) is 3.07. The molecule has 2 heterocycles. The Morgan fingerprint density at radius 3 is 3.10 bits per heavy atom. The zero-order valence-electron chi connectivity index (χ0n) is 12.3. The predicted octanol–water partition coefficient (Wildman–Crippen LogP) is 2.80. The molecule has 2 aromatic rings. The number of aromatic nitrogens is 3. The molecule has 0 saturated heterocycles. The Hall–Kier alpha value is -1.08. The van der Waals surface area contributed by atoms with E-state index in [1.165, 1.54) is 35.1 Å². The van der Waals surface area contributed by atoms with E-state index in [0.717, 1.165) is 23.0 Å². The fourth-order valence-corrected chi connectivity index (χ4v) is 4.84. The Kier molecular flexibility index (Phi) is 4.49. The Morgan fingerprint density at radius 1 is 1.48 bits per heavy atom. The standard InChI is InChI=1S/C14H20N4OS2/c1-3-9-8-12(19)18-14(15-9)21-13(17-18)16-10-6-5-7-11(10)20-4-2/h8,10-11H,3-7H2,1-2H3,(H,16,17). The van der Waals surface area contributed by atoms with Gasteiger partial charge in [0.25, 0.3) is 5.56 Å². The first-order valence-electron chi connectivity index (χ1n) is 7.49. The maximum absolute atomic E-state index is 12.0. The van der Waals surface area contributed by atoms with E-state index >= 15 is 0 Å². The average molecular weight is 324 g/mol. The van der Waals surface area contributed by atoms with E-state index in [9.17, 15) is 4.79 Å². The van der Waals surface area contributed by atoms with Gasteiger partial charge in [0.1, 0.15) is 0 Å². The molecule has 1 fully saturated rings. The first-order chi connectivity index (χ1) is 10.2.